The first-order valence-electron chi connectivity index (χ1n) is 12.5. The molecule has 0 saturated carbocycles. The van der Waals surface area contributed by atoms with Gasteiger partial charge in [0.25, 0.3) is 0 Å². The molecule has 2 aromatic carbocycles. The standard InChI is InChI=1S/C27H26O16/c1-9(29)38-14-4-5-15(39-10(2)30)24(40-11(3)31)19(14)25-26(21(35)18-13(33)6-12(32)7-16(18)41-25)43-27-23(37)22(36)20(34)17(8-28)42-27/h4-7,17,20,22-23,27-28,32-34,36-37H,8H2,1-3H3/t17-,20-,22+,23-,27+/m1/s1. The summed E-state index contributed by atoms with van der Waals surface area (Å²) in [6.45, 7) is 2.19. The van der Waals surface area contributed by atoms with Crippen molar-refractivity contribution in [2.45, 2.75) is 51.5 Å². The summed E-state index contributed by atoms with van der Waals surface area (Å²) in [6.07, 6.45) is -9.18. The topological polar surface area (TPSA) is 249 Å². The molecule has 1 fully saturated rings. The van der Waals surface area contributed by atoms with Gasteiger partial charge in [-0.15, -0.1) is 0 Å². The third kappa shape index (κ3) is 6.23. The minimum absolute atomic E-state index is 0.408. The molecular formula is C27H26O16. The van der Waals surface area contributed by atoms with Crippen LogP contribution in [0.4, 0.5) is 0 Å². The summed E-state index contributed by atoms with van der Waals surface area (Å²) >= 11 is 0. The first-order chi connectivity index (χ1) is 20.2. The molecule has 0 spiro atoms. The minimum atomic E-state index is -2.03. The van der Waals surface area contributed by atoms with E-state index in [1.807, 2.05) is 0 Å². The van der Waals surface area contributed by atoms with E-state index in [4.69, 9.17) is 28.1 Å². The van der Waals surface area contributed by atoms with Crippen LogP contribution in [0.15, 0.2) is 33.5 Å². The monoisotopic (exact) mass is 606 g/mol. The third-order valence-electron chi connectivity index (χ3n) is 6.06. The van der Waals surface area contributed by atoms with Crippen molar-refractivity contribution in [1.29, 1.82) is 0 Å². The van der Waals surface area contributed by atoms with Crippen molar-refractivity contribution < 1.29 is 73.1 Å². The van der Waals surface area contributed by atoms with Gasteiger partial charge in [-0.1, -0.05) is 0 Å². The second-order valence-electron chi connectivity index (χ2n) is 9.29. The molecule has 6 N–H and O–H groups in total. The molecule has 1 aromatic heterocycles. The van der Waals surface area contributed by atoms with Crippen molar-refractivity contribution in [2.75, 3.05) is 6.61 Å². The quantitative estimate of drug-likeness (QED) is 0.151. The molecule has 4 rings (SSSR count). The average Bonchev–Trinajstić information content (AvgIpc) is 2.90. The Balaban J connectivity index is 2.10. The summed E-state index contributed by atoms with van der Waals surface area (Å²) in [7, 11) is 0. The molecule has 230 valence electrons. The van der Waals surface area contributed by atoms with Gasteiger partial charge in [-0.25, -0.2) is 0 Å². The molecule has 0 bridgehead atoms. The van der Waals surface area contributed by atoms with Gasteiger partial charge in [-0.05, 0) is 12.1 Å². The molecule has 1 aliphatic rings. The lowest BCUT2D eigenvalue weighted by atomic mass is 9.99. The van der Waals surface area contributed by atoms with E-state index in [-0.39, 0.29) is 0 Å². The van der Waals surface area contributed by atoms with Gasteiger partial charge in [0, 0.05) is 32.9 Å². The lowest BCUT2D eigenvalue weighted by Gasteiger charge is -2.39. The summed E-state index contributed by atoms with van der Waals surface area (Å²) < 4.78 is 32.5. The number of aliphatic hydroxyl groups excluding tert-OH is 4. The zero-order valence-corrected chi connectivity index (χ0v) is 22.7. The Morgan fingerprint density at radius 1 is 0.837 bits per heavy atom. The third-order valence-corrected chi connectivity index (χ3v) is 6.06. The molecule has 1 aliphatic heterocycles. The van der Waals surface area contributed by atoms with Gasteiger partial charge in [0.1, 0.15) is 58.2 Å². The van der Waals surface area contributed by atoms with E-state index in [0.717, 1.165) is 45.0 Å². The SMILES string of the molecule is CC(=O)Oc1ccc(OC(C)=O)c(-c2oc3cc(O)cc(O)c3c(=O)c2O[C@@H]2O[C@H](CO)[C@@H](O)[C@H](O)[C@H]2O)c1OC(C)=O. The summed E-state index contributed by atoms with van der Waals surface area (Å²) in [5, 5.41) is 60.5. The molecule has 1 saturated heterocycles. The molecule has 0 unspecified atom stereocenters. The van der Waals surface area contributed by atoms with Crippen molar-refractivity contribution in [2.24, 2.45) is 0 Å². The summed E-state index contributed by atoms with van der Waals surface area (Å²) in [4.78, 5) is 49.8. The fraction of sp³-hybridized carbons (Fsp3) is 0.333. The van der Waals surface area contributed by atoms with E-state index in [0.29, 0.717) is 0 Å². The van der Waals surface area contributed by atoms with Crippen molar-refractivity contribution in [3.8, 4) is 45.8 Å². The molecule has 2 heterocycles. The number of carbonyl (C=O) groups is 3. The number of phenols is 2. The zero-order chi connectivity index (χ0) is 31.7. The minimum Gasteiger partial charge on any atom is -0.508 e. The van der Waals surface area contributed by atoms with E-state index < -0.39 is 117 Å². The fourth-order valence-electron chi connectivity index (χ4n) is 4.30. The predicted molar refractivity (Wildman–Crippen MR) is 140 cm³/mol. The summed E-state index contributed by atoms with van der Waals surface area (Å²) in [5.41, 5.74) is -2.16. The number of carbonyl (C=O) groups excluding carboxylic acids is 3. The van der Waals surface area contributed by atoms with Crippen LogP contribution in [0.2, 0.25) is 0 Å². The molecule has 16 heteroatoms. The molecule has 0 radical (unpaired) electrons. The van der Waals surface area contributed by atoms with Crippen LogP contribution in [0.1, 0.15) is 20.8 Å². The van der Waals surface area contributed by atoms with Crippen LogP contribution in [0.5, 0.6) is 34.5 Å². The number of ether oxygens (including phenoxy) is 5. The predicted octanol–water partition coefficient (Wildman–Crippen LogP) is -0.174. The van der Waals surface area contributed by atoms with Gasteiger partial charge in [0.2, 0.25) is 17.5 Å². The Morgan fingerprint density at radius 2 is 1.44 bits per heavy atom. The number of phenolic OH excluding ortho intramolecular Hbond substituents is 2. The van der Waals surface area contributed by atoms with Gasteiger partial charge >= 0.3 is 17.9 Å². The van der Waals surface area contributed by atoms with Gasteiger partial charge in [-0.3, -0.25) is 19.2 Å². The van der Waals surface area contributed by atoms with Crippen LogP contribution < -0.4 is 24.4 Å². The van der Waals surface area contributed by atoms with E-state index in [2.05, 4.69) is 0 Å². The number of hydrogen-bond donors (Lipinski definition) is 6. The highest BCUT2D eigenvalue weighted by Crippen LogP contribution is 2.49. The van der Waals surface area contributed by atoms with Crippen LogP contribution in [-0.2, 0) is 19.1 Å². The maximum atomic E-state index is 13.8. The number of rotatable bonds is 7. The highest BCUT2D eigenvalue weighted by molar-refractivity contribution is 5.92. The van der Waals surface area contributed by atoms with Crippen LogP contribution in [0.25, 0.3) is 22.3 Å². The lowest BCUT2D eigenvalue weighted by Crippen LogP contribution is -2.60. The van der Waals surface area contributed by atoms with E-state index in [1.54, 1.807) is 0 Å². The maximum absolute atomic E-state index is 13.8. The number of benzene rings is 2. The molecule has 5 atom stereocenters. The number of aliphatic hydroxyl groups is 4. The van der Waals surface area contributed by atoms with Gasteiger partial charge < -0.3 is 58.7 Å². The maximum Gasteiger partial charge on any atom is 0.308 e. The normalized spacial score (nSPS) is 21.7. The molecule has 3 aromatic rings. The van der Waals surface area contributed by atoms with Crippen molar-refractivity contribution >= 4 is 28.9 Å². The Morgan fingerprint density at radius 3 is 2.05 bits per heavy atom. The number of aromatic hydroxyl groups is 2. The van der Waals surface area contributed by atoms with E-state index >= 15 is 0 Å². The largest absolute Gasteiger partial charge is 0.508 e. The molecule has 43 heavy (non-hydrogen) atoms. The summed E-state index contributed by atoms with van der Waals surface area (Å²) in [6, 6.07) is 3.96. The smallest absolute Gasteiger partial charge is 0.308 e. The Hall–Kier alpha value is -4.74. The van der Waals surface area contributed by atoms with Crippen molar-refractivity contribution in [3.63, 3.8) is 0 Å². The van der Waals surface area contributed by atoms with Crippen molar-refractivity contribution in [1.82, 2.24) is 0 Å². The van der Waals surface area contributed by atoms with Crippen LogP contribution in [0.3, 0.4) is 0 Å². The van der Waals surface area contributed by atoms with E-state index in [9.17, 15) is 49.8 Å². The molecular weight excluding hydrogens is 580 g/mol. The second kappa shape index (κ2) is 12.2. The average molecular weight is 606 g/mol. The Labute approximate surface area is 240 Å². The number of hydrogen-bond acceptors (Lipinski definition) is 16. The zero-order valence-electron chi connectivity index (χ0n) is 22.7. The highest BCUT2D eigenvalue weighted by atomic mass is 16.7. The summed E-state index contributed by atoms with van der Waals surface area (Å²) in [5.74, 6) is -7.12. The fourth-order valence-corrected chi connectivity index (χ4v) is 4.30. The molecule has 0 aliphatic carbocycles. The molecule has 0 amide bonds. The number of esters is 3. The highest BCUT2D eigenvalue weighted by Gasteiger charge is 2.45. The van der Waals surface area contributed by atoms with E-state index in [1.165, 1.54) is 0 Å². The number of fused-ring (bicyclic) bond motifs is 1. The second-order valence-corrected chi connectivity index (χ2v) is 9.29. The lowest BCUT2D eigenvalue weighted by molar-refractivity contribution is -0.277. The van der Waals surface area contributed by atoms with Crippen molar-refractivity contribution in [3.05, 3.63) is 34.5 Å². The van der Waals surface area contributed by atoms with Gasteiger partial charge in [0.15, 0.2) is 17.3 Å². The van der Waals surface area contributed by atoms with Crippen LogP contribution in [-0.4, -0.2) is 85.9 Å². The first-order valence-corrected chi connectivity index (χ1v) is 12.5. The first kappa shape index (κ1) is 31.2. The Kier molecular flexibility index (Phi) is 8.88. The molecule has 16 nitrogen and oxygen atoms in total. The van der Waals surface area contributed by atoms with Gasteiger partial charge in [0.05, 0.1) is 6.61 Å². The van der Waals surface area contributed by atoms with Crippen LogP contribution in [0, 0.1) is 0 Å². The Bertz CT molecular complexity index is 1640. The van der Waals surface area contributed by atoms with Gasteiger partial charge in [-0.2, -0.15) is 0 Å². The van der Waals surface area contributed by atoms with Crippen LogP contribution >= 0.6 is 0 Å².